The normalized spacial score (nSPS) is 15.2. The summed E-state index contributed by atoms with van der Waals surface area (Å²) in [7, 11) is 0. The molecule has 2 rings (SSSR count). The fourth-order valence-corrected chi connectivity index (χ4v) is 2.13. The topological polar surface area (TPSA) is 29.9 Å². The first-order valence-corrected chi connectivity index (χ1v) is 6.59. The largest absolute Gasteiger partial charge is 0.310 e. The molecule has 1 fully saturated rings. The van der Waals surface area contributed by atoms with E-state index >= 15 is 0 Å². The molecule has 1 saturated carbocycles. The second kappa shape index (κ2) is 5.50. The van der Waals surface area contributed by atoms with E-state index < -0.39 is 0 Å². The lowest BCUT2D eigenvalue weighted by Gasteiger charge is -2.05. The number of unbranched alkanes of at least 4 members (excludes halogenated alkanes) is 1. The zero-order chi connectivity index (χ0) is 12.3. The van der Waals surface area contributed by atoms with Gasteiger partial charge in [0.15, 0.2) is 0 Å². The molecule has 3 nitrogen and oxygen atoms in total. The Hall–Kier alpha value is -1.09. The smallest absolute Gasteiger partial charge is 0.0641 e. The molecule has 0 saturated heterocycles. The first-order chi connectivity index (χ1) is 8.22. The van der Waals surface area contributed by atoms with Crippen LogP contribution < -0.4 is 5.32 Å². The van der Waals surface area contributed by atoms with E-state index in [-0.39, 0.29) is 0 Å². The van der Waals surface area contributed by atoms with Gasteiger partial charge in [-0.25, -0.2) is 0 Å². The first-order valence-electron chi connectivity index (χ1n) is 6.59. The van der Waals surface area contributed by atoms with E-state index in [1.54, 1.807) is 0 Å². The van der Waals surface area contributed by atoms with Crippen LogP contribution in [0.15, 0.2) is 12.7 Å². The van der Waals surface area contributed by atoms with E-state index in [2.05, 4.69) is 35.5 Å². The molecular formula is C14H23N3. The standard InChI is InChI=1S/C14H23N3/c1-4-5-6-9-17-12(3)14(11(2)16-17)10-15-13-7-8-13/h4,13,15H,1,5-10H2,2-3H3. The molecule has 1 aliphatic rings. The molecule has 1 N–H and O–H groups in total. The molecule has 0 unspecified atom stereocenters. The average molecular weight is 233 g/mol. The summed E-state index contributed by atoms with van der Waals surface area (Å²) in [6.07, 6.45) is 6.84. The van der Waals surface area contributed by atoms with Gasteiger partial charge < -0.3 is 5.32 Å². The van der Waals surface area contributed by atoms with Gasteiger partial charge in [0.05, 0.1) is 5.69 Å². The van der Waals surface area contributed by atoms with Crippen LogP contribution in [-0.4, -0.2) is 15.8 Å². The lowest BCUT2D eigenvalue weighted by atomic mass is 10.2. The lowest BCUT2D eigenvalue weighted by molar-refractivity contribution is 0.565. The van der Waals surface area contributed by atoms with E-state index in [0.29, 0.717) is 0 Å². The van der Waals surface area contributed by atoms with Crippen molar-refractivity contribution in [2.45, 2.75) is 58.7 Å². The third kappa shape index (κ3) is 3.19. The minimum atomic E-state index is 0.762. The molecule has 0 atom stereocenters. The predicted octanol–water partition coefficient (Wildman–Crippen LogP) is 2.72. The van der Waals surface area contributed by atoms with Crippen molar-refractivity contribution in [3.63, 3.8) is 0 Å². The summed E-state index contributed by atoms with van der Waals surface area (Å²) in [4.78, 5) is 0. The van der Waals surface area contributed by atoms with Gasteiger partial charge in [0, 0.05) is 30.4 Å². The molecule has 1 heterocycles. The summed E-state index contributed by atoms with van der Waals surface area (Å²) >= 11 is 0. The van der Waals surface area contributed by atoms with Crippen LogP contribution in [0, 0.1) is 13.8 Å². The number of hydrogen-bond acceptors (Lipinski definition) is 2. The van der Waals surface area contributed by atoms with Crippen molar-refractivity contribution in [2.75, 3.05) is 0 Å². The van der Waals surface area contributed by atoms with E-state index in [9.17, 15) is 0 Å². The van der Waals surface area contributed by atoms with Crippen molar-refractivity contribution in [3.8, 4) is 0 Å². The molecule has 3 heteroatoms. The highest BCUT2D eigenvalue weighted by Gasteiger charge is 2.21. The Labute approximate surface area is 104 Å². The van der Waals surface area contributed by atoms with Crippen LogP contribution in [0.2, 0.25) is 0 Å². The molecule has 94 valence electrons. The van der Waals surface area contributed by atoms with Crippen LogP contribution in [0.25, 0.3) is 0 Å². The van der Waals surface area contributed by atoms with Gasteiger partial charge in [-0.05, 0) is 39.5 Å². The number of aromatic nitrogens is 2. The molecule has 0 aliphatic heterocycles. The molecule has 1 aromatic rings. The van der Waals surface area contributed by atoms with Gasteiger partial charge in [0.1, 0.15) is 0 Å². The molecular weight excluding hydrogens is 210 g/mol. The molecule has 0 radical (unpaired) electrons. The quantitative estimate of drug-likeness (QED) is 0.579. The molecule has 0 amide bonds. The first kappa shape index (κ1) is 12.4. The van der Waals surface area contributed by atoms with Crippen LogP contribution in [0.3, 0.4) is 0 Å². The van der Waals surface area contributed by atoms with Crippen LogP contribution in [0.4, 0.5) is 0 Å². The Kier molecular flexibility index (Phi) is 4.00. The van der Waals surface area contributed by atoms with Crippen molar-refractivity contribution >= 4 is 0 Å². The maximum absolute atomic E-state index is 4.62. The molecule has 17 heavy (non-hydrogen) atoms. The fraction of sp³-hybridized carbons (Fsp3) is 0.643. The Morgan fingerprint density at radius 2 is 2.24 bits per heavy atom. The van der Waals surface area contributed by atoms with Gasteiger partial charge >= 0.3 is 0 Å². The van der Waals surface area contributed by atoms with Gasteiger partial charge in [-0.2, -0.15) is 5.10 Å². The number of hydrogen-bond donors (Lipinski definition) is 1. The Bertz CT molecular complexity index is 388. The van der Waals surface area contributed by atoms with Crippen LogP contribution in [0.5, 0.6) is 0 Å². The highest BCUT2D eigenvalue weighted by molar-refractivity contribution is 5.24. The SMILES string of the molecule is C=CCCCn1nc(C)c(CNC2CC2)c1C. The minimum absolute atomic E-state index is 0.762. The molecule has 1 aliphatic carbocycles. The van der Waals surface area contributed by atoms with Gasteiger partial charge in [-0.1, -0.05) is 6.08 Å². The summed E-state index contributed by atoms with van der Waals surface area (Å²) in [6, 6.07) is 0.762. The van der Waals surface area contributed by atoms with E-state index in [1.807, 2.05) is 6.08 Å². The summed E-state index contributed by atoms with van der Waals surface area (Å²) in [5.41, 5.74) is 3.88. The van der Waals surface area contributed by atoms with Crippen LogP contribution in [-0.2, 0) is 13.1 Å². The molecule has 1 aromatic heterocycles. The molecule has 0 aromatic carbocycles. The van der Waals surface area contributed by atoms with Crippen molar-refractivity contribution in [1.29, 1.82) is 0 Å². The zero-order valence-corrected chi connectivity index (χ0v) is 11.0. The number of nitrogens with zero attached hydrogens (tertiary/aromatic N) is 2. The highest BCUT2D eigenvalue weighted by Crippen LogP contribution is 2.21. The highest BCUT2D eigenvalue weighted by atomic mass is 15.3. The Balaban J connectivity index is 1.96. The van der Waals surface area contributed by atoms with Gasteiger partial charge in [0.2, 0.25) is 0 Å². The third-order valence-electron chi connectivity index (χ3n) is 3.45. The number of rotatable bonds is 7. The summed E-state index contributed by atoms with van der Waals surface area (Å²) < 4.78 is 2.14. The van der Waals surface area contributed by atoms with E-state index in [0.717, 1.165) is 32.0 Å². The van der Waals surface area contributed by atoms with Crippen molar-refractivity contribution in [2.24, 2.45) is 0 Å². The van der Waals surface area contributed by atoms with Crippen LogP contribution in [0.1, 0.15) is 42.6 Å². The molecule has 0 spiro atoms. The summed E-state index contributed by atoms with van der Waals surface area (Å²) in [5.74, 6) is 0. The second-order valence-corrected chi connectivity index (χ2v) is 4.96. The number of allylic oxidation sites excluding steroid dienone is 1. The zero-order valence-electron chi connectivity index (χ0n) is 11.0. The number of nitrogens with one attached hydrogen (secondary N) is 1. The van der Waals surface area contributed by atoms with Gasteiger partial charge in [-0.3, -0.25) is 4.68 Å². The van der Waals surface area contributed by atoms with Crippen molar-refractivity contribution in [3.05, 3.63) is 29.6 Å². The summed E-state index contributed by atoms with van der Waals surface area (Å²) in [5, 5.41) is 8.19. The third-order valence-corrected chi connectivity index (χ3v) is 3.45. The lowest BCUT2D eigenvalue weighted by Crippen LogP contribution is -2.16. The molecule has 0 bridgehead atoms. The fourth-order valence-electron chi connectivity index (χ4n) is 2.13. The monoisotopic (exact) mass is 233 g/mol. The predicted molar refractivity (Wildman–Crippen MR) is 71.0 cm³/mol. The van der Waals surface area contributed by atoms with Crippen LogP contribution >= 0.6 is 0 Å². The van der Waals surface area contributed by atoms with E-state index in [1.165, 1.54) is 29.8 Å². The second-order valence-electron chi connectivity index (χ2n) is 4.96. The van der Waals surface area contributed by atoms with Gasteiger partial charge in [0.25, 0.3) is 0 Å². The average Bonchev–Trinajstić information content (AvgIpc) is 3.08. The minimum Gasteiger partial charge on any atom is -0.310 e. The maximum Gasteiger partial charge on any atom is 0.0641 e. The maximum atomic E-state index is 4.62. The number of aryl methyl sites for hydroxylation is 2. The summed E-state index contributed by atoms with van der Waals surface area (Å²) in [6.45, 7) is 10.0. The van der Waals surface area contributed by atoms with E-state index in [4.69, 9.17) is 0 Å². The Morgan fingerprint density at radius 1 is 1.47 bits per heavy atom. The van der Waals surface area contributed by atoms with Crippen molar-refractivity contribution in [1.82, 2.24) is 15.1 Å². The Morgan fingerprint density at radius 3 is 2.88 bits per heavy atom. The van der Waals surface area contributed by atoms with Gasteiger partial charge in [-0.15, -0.1) is 6.58 Å². The van der Waals surface area contributed by atoms with Crippen molar-refractivity contribution < 1.29 is 0 Å².